The number of nitrogens with one attached hydrogen (secondary N) is 1. The zero-order chi connectivity index (χ0) is 20.4. The molecule has 0 aromatic heterocycles. The molecule has 0 spiro atoms. The van der Waals surface area contributed by atoms with Crippen molar-refractivity contribution >= 4 is 29.6 Å². The van der Waals surface area contributed by atoms with E-state index in [9.17, 15) is 14.4 Å². The SMILES string of the molecule is CC(C)[C@H](NC(=O)OCc1ccccc1)C(=O)OCC(C)(C)C(=O)OCCl. The topological polar surface area (TPSA) is 90.9 Å². The van der Waals surface area contributed by atoms with Crippen LogP contribution >= 0.6 is 11.6 Å². The highest BCUT2D eigenvalue weighted by Gasteiger charge is 2.33. The second-order valence-corrected chi connectivity index (χ2v) is 7.18. The summed E-state index contributed by atoms with van der Waals surface area (Å²) in [5, 5.41) is 2.50. The van der Waals surface area contributed by atoms with Gasteiger partial charge in [-0.25, -0.2) is 9.59 Å². The summed E-state index contributed by atoms with van der Waals surface area (Å²) >= 11 is 5.38. The molecular formula is C19H26ClNO6. The molecule has 8 heteroatoms. The Balaban J connectivity index is 2.57. The lowest BCUT2D eigenvalue weighted by molar-refractivity contribution is -0.161. The molecule has 0 saturated heterocycles. The first kappa shape index (κ1) is 22.8. The van der Waals surface area contributed by atoms with Crippen molar-refractivity contribution in [2.45, 2.75) is 40.3 Å². The lowest BCUT2D eigenvalue weighted by Crippen LogP contribution is -2.46. The van der Waals surface area contributed by atoms with E-state index in [4.69, 9.17) is 25.8 Å². The predicted octanol–water partition coefficient (Wildman–Crippen LogP) is 3.25. The molecule has 7 nitrogen and oxygen atoms in total. The summed E-state index contributed by atoms with van der Waals surface area (Å²) in [5.41, 5.74) is -0.226. The number of hydrogen-bond donors (Lipinski definition) is 1. The van der Waals surface area contributed by atoms with Crippen LogP contribution in [0.3, 0.4) is 0 Å². The van der Waals surface area contributed by atoms with Gasteiger partial charge in [0.25, 0.3) is 0 Å². The maximum absolute atomic E-state index is 12.4. The average molecular weight is 400 g/mol. The van der Waals surface area contributed by atoms with E-state index in [1.807, 2.05) is 30.3 Å². The van der Waals surface area contributed by atoms with E-state index in [1.54, 1.807) is 27.7 Å². The third-order valence-electron chi connectivity index (χ3n) is 3.72. The summed E-state index contributed by atoms with van der Waals surface area (Å²) in [5.74, 6) is -1.48. The van der Waals surface area contributed by atoms with Crippen LogP contribution in [-0.4, -0.2) is 36.7 Å². The van der Waals surface area contributed by atoms with Crippen molar-refractivity contribution in [3.8, 4) is 0 Å². The Morgan fingerprint density at radius 1 is 1.07 bits per heavy atom. The largest absolute Gasteiger partial charge is 0.463 e. The number of ether oxygens (including phenoxy) is 3. The Kier molecular flexibility index (Phi) is 9.08. The van der Waals surface area contributed by atoms with Gasteiger partial charge in [0.05, 0.1) is 5.41 Å². The van der Waals surface area contributed by atoms with Gasteiger partial charge in [0.15, 0.2) is 6.07 Å². The third-order valence-corrected chi connectivity index (χ3v) is 3.83. The number of rotatable bonds is 9. The van der Waals surface area contributed by atoms with Gasteiger partial charge in [-0.3, -0.25) is 4.79 Å². The average Bonchev–Trinajstić information content (AvgIpc) is 2.63. The van der Waals surface area contributed by atoms with E-state index in [0.717, 1.165) is 5.56 Å². The fraction of sp³-hybridized carbons (Fsp3) is 0.526. The number of alkyl carbamates (subject to hydrolysis) is 1. The molecule has 1 aromatic rings. The van der Waals surface area contributed by atoms with E-state index in [2.05, 4.69) is 5.32 Å². The molecule has 0 unspecified atom stereocenters. The summed E-state index contributed by atoms with van der Waals surface area (Å²) in [4.78, 5) is 36.1. The van der Waals surface area contributed by atoms with Gasteiger partial charge in [-0.2, -0.15) is 0 Å². The number of carbonyl (C=O) groups excluding carboxylic acids is 3. The van der Waals surface area contributed by atoms with Gasteiger partial charge >= 0.3 is 18.0 Å². The van der Waals surface area contributed by atoms with Gasteiger partial charge < -0.3 is 19.5 Å². The maximum atomic E-state index is 12.4. The minimum Gasteiger partial charge on any atom is -0.463 e. The molecule has 0 aliphatic carbocycles. The molecule has 1 N–H and O–H groups in total. The first-order valence-electron chi connectivity index (χ1n) is 8.54. The summed E-state index contributed by atoms with van der Waals surface area (Å²) < 4.78 is 15.1. The third kappa shape index (κ3) is 7.86. The van der Waals surface area contributed by atoms with E-state index >= 15 is 0 Å². The molecule has 0 saturated carbocycles. The lowest BCUT2D eigenvalue weighted by Gasteiger charge is -2.25. The lowest BCUT2D eigenvalue weighted by atomic mass is 9.95. The highest BCUT2D eigenvalue weighted by atomic mass is 35.5. The normalized spacial score (nSPS) is 12.2. The fourth-order valence-corrected chi connectivity index (χ4v) is 2.13. The number of alkyl halides is 1. The molecule has 0 aliphatic rings. The Hall–Kier alpha value is -2.28. The second-order valence-electron chi connectivity index (χ2n) is 6.96. The van der Waals surface area contributed by atoms with Crippen LogP contribution in [-0.2, 0) is 30.4 Å². The van der Waals surface area contributed by atoms with Gasteiger partial charge in [0.1, 0.15) is 19.3 Å². The number of esters is 2. The van der Waals surface area contributed by atoms with Gasteiger partial charge in [-0.15, -0.1) is 0 Å². The quantitative estimate of drug-likeness (QED) is 0.389. The van der Waals surface area contributed by atoms with Crippen LogP contribution in [0, 0.1) is 11.3 Å². The zero-order valence-corrected chi connectivity index (χ0v) is 16.7. The fourth-order valence-electron chi connectivity index (χ4n) is 2.03. The number of amides is 1. The van der Waals surface area contributed by atoms with E-state index in [-0.39, 0.29) is 25.2 Å². The monoisotopic (exact) mass is 399 g/mol. The summed E-state index contributed by atoms with van der Waals surface area (Å²) in [6.07, 6.45) is -0.727. The molecule has 1 rings (SSSR count). The molecule has 1 aromatic carbocycles. The first-order valence-corrected chi connectivity index (χ1v) is 9.08. The second kappa shape index (κ2) is 10.8. The van der Waals surface area contributed by atoms with Crippen molar-refractivity contribution in [3.63, 3.8) is 0 Å². The van der Waals surface area contributed by atoms with Crippen LogP contribution in [0.5, 0.6) is 0 Å². The van der Waals surface area contributed by atoms with Gasteiger partial charge in [0, 0.05) is 0 Å². The standard InChI is InChI=1S/C19H26ClNO6/c1-13(2)15(16(22)26-11-19(3,4)17(23)27-12-20)21-18(24)25-10-14-8-6-5-7-9-14/h5-9,13,15H,10-12H2,1-4H3,(H,21,24)/t15-/m0/s1. The number of benzene rings is 1. The Labute approximate surface area is 164 Å². The smallest absolute Gasteiger partial charge is 0.408 e. The van der Waals surface area contributed by atoms with E-state index < -0.39 is 29.5 Å². The molecule has 0 aliphatic heterocycles. The Bertz CT molecular complexity index is 632. The van der Waals surface area contributed by atoms with Crippen LogP contribution in [0.4, 0.5) is 4.79 Å². The maximum Gasteiger partial charge on any atom is 0.408 e. The summed E-state index contributed by atoms with van der Waals surface area (Å²) in [7, 11) is 0. The number of carbonyl (C=O) groups is 3. The molecule has 0 radical (unpaired) electrons. The highest BCUT2D eigenvalue weighted by Crippen LogP contribution is 2.19. The summed E-state index contributed by atoms with van der Waals surface area (Å²) in [6.45, 7) is 6.55. The molecule has 1 amide bonds. The van der Waals surface area contributed by atoms with Crippen molar-refractivity contribution < 1.29 is 28.6 Å². The highest BCUT2D eigenvalue weighted by molar-refractivity contribution is 6.17. The summed E-state index contributed by atoms with van der Waals surface area (Å²) in [6, 6.07) is 7.99. The molecule has 27 heavy (non-hydrogen) atoms. The Morgan fingerprint density at radius 3 is 2.26 bits per heavy atom. The van der Waals surface area contributed by atoms with Crippen LogP contribution < -0.4 is 5.32 Å². The minimum atomic E-state index is -1.06. The number of halogens is 1. The van der Waals surface area contributed by atoms with E-state index in [0.29, 0.717) is 0 Å². The molecule has 0 heterocycles. The molecule has 1 atom stereocenters. The van der Waals surface area contributed by atoms with Crippen molar-refractivity contribution in [3.05, 3.63) is 35.9 Å². The van der Waals surface area contributed by atoms with Crippen molar-refractivity contribution in [1.82, 2.24) is 5.32 Å². The predicted molar refractivity (Wildman–Crippen MR) is 99.9 cm³/mol. The first-order chi connectivity index (χ1) is 12.7. The van der Waals surface area contributed by atoms with Crippen molar-refractivity contribution in [2.75, 3.05) is 12.7 Å². The molecular weight excluding hydrogens is 374 g/mol. The van der Waals surface area contributed by atoms with Crippen LogP contribution in [0.15, 0.2) is 30.3 Å². The molecule has 150 valence electrons. The molecule has 0 bridgehead atoms. The number of hydrogen-bond acceptors (Lipinski definition) is 6. The molecule has 0 fully saturated rings. The van der Waals surface area contributed by atoms with E-state index in [1.165, 1.54) is 0 Å². The Morgan fingerprint density at radius 2 is 1.70 bits per heavy atom. The van der Waals surface area contributed by atoms with Crippen LogP contribution in [0.25, 0.3) is 0 Å². The van der Waals surface area contributed by atoms with Gasteiger partial charge in [-0.1, -0.05) is 55.8 Å². The van der Waals surface area contributed by atoms with Gasteiger partial charge in [0.2, 0.25) is 0 Å². The minimum absolute atomic E-state index is 0.0871. The van der Waals surface area contributed by atoms with Crippen LogP contribution in [0.2, 0.25) is 0 Å². The van der Waals surface area contributed by atoms with Crippen LogP contribution in [0.1, 0.15) is 33.3 Å². The van der Waals surface area contributed by atoms with Gasteiger partial charge in [-0.05, 0) is 25.3 Å². The zero-order valence-electron chi connectivity index (χ0n) is 16.0. The van der Waals surface area contributed by atoms with Crippen molar-refractivity contribution in [2.24, 2.45) is 11.3 Å². The van der Waals surface area contributed by atoms with Crippen molar-refractivity contribution in [1.29, 1.82) is 0 Å².